The molecule has 3 unspecified atom stereocenters. The van der Waals surface area contributed by atoms with E-state index in [2.05, 4.69) is 55.3 Å². The number of hydrogen-bond acceptors (Lipinski definition) is 3. The van der Waals surface area contributed by atoms with Gasteiger partial charge in [0.25, 0.3) is 0 Å². The zero-order chi connectivity index (χ0) is 15.3. The molecule has 21 heavy (non-hydrogen) atoms. The van der Waals surface area contributed by atoms with Gasteiger partial charge in [-0.05, 0) is 38.3 Å². The van der Waals surface area contributed by atoms with Crippen LogP contribution in [-0.4, -0.2) is 41.8 Å². The quantitative estimate of drug-likeness (QED) is 0.810. The SMILES string of the molecule is CCNC(CO)(CN1C(C)CCC1CC)c1ccccc1. The maximum Gasteiger partial charge on any atom is 0.0798 e. The number of nitrogens with one attached hydrogen (secondary N) is 1. The summed E-state index contributed by atoms with van der Waals surface area (Å²) < 4.78 is 0. The van der Waals surface area contributed by atoms with E-state index in [1.807, 2.05) is 6.07 Å². The van der Waals surface area contributed by atoms with Gasteiger partial charge in [-0.2, -0.15) is 0 Å². The van der Waals surface area contributed by atoms with Crippen molar-refractivity contribution in [3.05, 3.63) is 35.9 Å². The van der Waals surface area contributed by atoms with Crippen LogP contribution in [0.15, 0.2) is 30.3 Å². The molecule has 0 saturated carbocycles. The van der Waals surface area contributed by atoms with Gasteiger partial charge in [-0.1, -0.05) is 44.2 Å². The van der Waals surface area contributed by atoms with E-state index in [1.165, 1.54) is 24.8 Å². The normalized spacial score (nSPS) is 25.9. The average Bonchev–Trinajstić information content (AvgIpc) is 2.87. The first kappa shape index (κ1) is 16.5. The number of benzene rings is 1. The molecule has 2 N–H and O–H groups in total. The fraction of sp³-hybridized carbons (Fsp3) is 0.667. The summed E-state index contributed by atoms with van der Waals surface area (Å²) >= 11 is 0. The largest absolute Gasteiger partial charge is 0.394 e. The number of nitrogens with zero attached hydrogens (tertiary/aromatic N) is 1. The Morgan fingerprint density at radius 2 is 1.95 bits per heavy atom. The van der Waals surface area contributed by atoms with Crippen molar-refractivity contribution in [2.24, 2.45) is 0 Å². The van der Waals surface area contributed by atoms with Crippen LogP contribution in [0.3, 0.4) is 0 Å². The lowest BCUT2D eigenvalue weighted by Gasteiger charge is -2.40. The average molecular weight is 290 g/mol. The van der Waals surface area contributed by atoms with Gasteiger partial charge in [0.15, 0.2) is 0 Å². The van der Waals surface area contributed by atoms with Gasteiger partial charge in [0.05, 0.1) is 12.1 Å². The Bertz CT molecular complexity index is 422. The molecule has 1 heterocycles. The van der Waals surface area contributed by atoms with Crippen LogP contribution in [0, 0.1) is 0 Å². The van der Waals surface area contributed by atoms with Crippen LogP contribution < -0.4 is 5.32 Å². The van der Waals surface area contributed by atoms with Crippen molar-refractivity contribution in [1.29, 1.82) is 0 Å². The minimum Gasteiger partial charge on any atom is -0.394 e. The third-order valence-electron chi connectivity index (χ3n) is 4.99. The predicted octanol–water partition coefficient (Wildman–Crippen LogP) is 2.75. The van der Waals surface area contributed by atoms with Gasteiger partial charge in [-0.3, -0.25) is 4.90 Å². The molecule has 0 aromatic heterocycles. The number of rotatable bonds is 7. The van der Waals surface area contributed by atoms with Crippen LogP contribution in [0.5, 0.6) is 0 Å². The minimum atomic E-state index is -0.359. The lowest BCUT2D eigenvalue weighted by atomic mass is 9.89. The van der Waals surface area contributed by atoms with E-state index in [0.717, 1.165) is 13.1 Å². The monoisotopic (exact) mass is 290 g/mol. The summed E-state index contributed by atoms with van der Waals surface area (Å²) in [6.45, 7) is 8.55. The van der Waals surface area contributed by atoms with E-state index >= 15 is 0 Å². The first-order chi connectivity index (χ1) is 10.2. The Balaban J connectivity index is 2.28. The van der Waals surface area contributed by atoms with Gasteiger partial charge < -0.3 is 10.4 Å². The number of hydrogen-bond donors (Lipinski definition) is 2. The van der Waals surface area contributed by atoms with Gasteiger partial charge in [-0.25, -0.2) is 0 Å². The third-order valence-corrected chi connectivity index (χ3v) is 4.99. The summed E-state index contributed by atoms with van der Waals surface area (Å²) in [6.07, 6.45) is 3.73. The molecule has 3 atom stereocenters. The molecule has 2 rings (SSSR count). The molecule has 1 aliphatic rings. The second kappa shape index (κ2) is 7.39. The van der Waals surface area contributed by atoms with E-state index < -0.39 is 0 Å². The molecule has 1 aromatic rings. The summed E-state index contributed by atoms with van der Waals surface area (Å²) in [5, 5.41) is 13.7. The molecule has 0 aliphatic carbocycles. The predicted molar refractivity (Wildman–Crippen MR) is 88.4 cm³/mol. The molecule has 3 heteroatoms. The molecule has 1 aromatic carbocycles. The van der Waals surface area contributed by atoms with E-state index in [4.69, 9.17) is 0 Å². The highest BCUT2D eigenvalue weighted by molar-refractivity contribution is 5.25. The van der Waals surface area contributed by atoms with E-state index in [-0.39, 0.29) is 12.1 Å². The Kier molecular flexibility index (Phi) is 5.80. The van der Waals surface area contributed by atoms with Crippen LogP contribution in [0.25, 0.3) is 0 Å². The van der Waals surface area contributed by atoms with Gasteiger partial charge in [0.1, 0.15) is 0 Å². The molecule has 0 amide bonds. The number of likely N-dealkylation sites (N-methyl/N-ethyl adjacent to an activating group) is 1. The molecule has 0 spiro atoms. The highest BCUT2D eigenvalue weighted by atomic mass is 16.3. The zero-order valence-electron chi connectivity index (χ0n) is 13.7. The smallest absolute Gasteiger partial charge is 0.0798 e. The molecule has 0 radical (unpaired) electrons. The van der Waals surface area contributed by atoms with Gasteiger partial charge in [0, 0.05) is 18.6 Å². The van der Waals surface area contributed by atoms with Crippen molar-refractivity contribution < 1.29 is 5.11 Å². The van der Waals surface area contributed by atoms with Crippen LogP contribution in [-0.2, 0) is 5.54 Å². The van der Waals surface area contributed by atoms with Crippen molar-refractivity contribution in [1.82, 2.24) is 10.2 Å². The lowest BCUT2D eigenvalue weighted by molar-refractivity contribution is 0.0827. The Hall–Kier alpha value is -0.900. The number of aliphatic hydroxyl groups is 1. The molecule has 1 aliphatic heterocycles. The standard InChI is InChI=1S/C18H30N2O/c1-4-17-12-11-15(3)20(17)13-18(14-21,19-5-2)16-9-7-6-8-10-16/h6-10,15,17,19,21H,4-5,11-14H2,1-3H3. The third kappa shape index (κ3) is 3.47. The number of likely N-dealkylation sites (tertiary alicyclic amines) is 1. The molecule has 1 saturated heterocycles. The summed E-state index contributed by atoms with van der Waals surface area (Å²) in [6, 6.07) is 11.6. The van der Waals surface area contributed by atoms with Crippen molar-refractivity contribution in [2.75, 3.05) is 19.7 Å². The van der Waals surface area contributed by atoms with Gasteiger partial charge in [-0.15, -0.1) is 0 Å². The maximum absolute atomic E-state index is 10.2. The highest BCUT2D eigenvalue weighted by Gasteiger charge is 2.38. The van der Waals surface area contributed by atoms with Gasteiger partial charge in [0.2, 0.25) is 0 Å². The second-order valence-corrected chi connectivity index (χ2v) is 6.30. The Morgan fingerprint density at radius 3 is 2.52 bits per heavy atom. The van der Waals surface area contributed by atoms with E-state index in [1.54, 1.807) is 0 Å². The van der Waals surface area contributed by atoms with Crippen molar-refractivity contribution in [3.8, 4) is 0 Å². The molecule has 3 nitrogen and oxygen atoms in total. The first-order valence-electron chi connectivity index (χ1n) is 8.34. The van der Waals surface area contributed by atoms with Crippen molar-refractivity contribution in [3.63, 3.8) is 0 Å². The van der Waals surface area contributed by atoms with Crippen LogP contribution in [0.2, 0.25) is 0 Å². The summed E-state index contributed by atoms with van der Waals surface area (Å²) in [7, 11) is 0. The Morgan fingerprint density at radius 1 is 1.24 bits per heavy atom. The van der Waals surface area contributed by atoms with Crippen LogP contribution in [0.4, 0.5) is 0 Å². The second-order valence-electron chi connectivity index (χ2n) is 6.30. The Labute approximate surface area is 129 Å². The van der Waals surface area contributed by atoms with E-state index in [0.29, 0.717) is 12.1 Å². The minimum absolute atomic E-state index is 0.129. The fourth-order valence-corrected chi connectivity index (χ4v) is 3.70. The van der Waals surface area contributed by atoms with E-state index in [9.17, 15) is 5.11 Å². The van der Waals surface area contributed by atoms with Crippen LogP contribution in [0.1, 0.15) is 45.6 Å². The highest BCUT2D eigenvalue weighted by Crippen LogP contribution is 2.31. The molecule has 1 fully saturated rings. The molecular formula is C18H30N2O. The van der Waals surface area contributed by atoms with Crippen LogP contribution >= 0.6 is 0 Å². The summed E-state index contributed by atoms with van der Waals surface area (Å²) in [4.78, 5) is 2.59. The fourth-order valence-electron chi connectivity index (χ4n) is 3.70. The number of aliphatic hydroxyl groups excluding tert-OH is 1. The summed E-state index contributed by atoms with van der Waals surface area (Å²) in [5.41, 5.74) is 0.825. The molecule has 118 valence electrons. The lowest BCUT2D eigenvalue weighted by Crippen LogP contribution is -2.55. The zero-order valence-corrected chi connectivity index (χ0v) is 13.7. The van der Waals surface area contributed by atoms with Crippen molar-refractivity contribution in [2.45, 2.75) is 57.7 Å². The molecular weight excluding hydrogens is 260 g/mol. The summed E-state index contributed by atoms with van der Waals surface area (Å²) in [5.74, 6) is 0. The van der Waals surface area contributed by atoms with Crippen molar-refractivity contribution >= 4 is 0 Å². The topological polar surface area (TPSA) is 35.5 Å². The molecule has 0 bridgehead atoms. The maximum atomic E-state index is 10.2. The first-order valence-corrected chi connectivity index (χ1v) is 8.34. The van der Waals surface area contributed by atoms with Gasteiger partial charge >= 0.3 is 0 Å².